The lowest BCUT2D eigenvalue weighted by Gasteiger charge is -2.08. The van der Waals surface area contributed by atoms with Gasteiger partial charge in [0, 0.05) is 34.7 Å². The van der Waals surface area contributed by atoms with Crippen molar-refractivity contribution in [2.24, 2.45) is 0 Å². The molecule has 0 saturated heterocycles. The van der Waals surface area contributed by atoms with E-state index in [1.54, 1.807) is 18.5 Å². The van der Waals surface area contributed by atoms with Gasteiger partial charge in [0.2, 0.25) is 0 Å². The van der Waals surface area contributed by atoms with E-state index >= 15 is 0 Å². The fourth-order valence-electron chi connectivity index (χ4n) is 1.40. The second-order valence-electron chi connectivity index (χ2n) is 3.48. The van der Waals surface area contributed by atoms with Gasteiger partial charge in [-0.05, 0) is 29.8 Å². The van der Waals surface area contributed by atoms with E-state index < -0.39 is 0 Å². The summed E-state index contributed by atoms with van der Waals surface area (Å²) in [5.74, 6) is 0. The second-order valence-corrected chi connectivity index (χ2v) is 4.76. The van der Waals surface area contributed by atoms with Gasteiger partial charge in [0.25, 0.3) is 0 Å². The molecule has 1 heterocycles. The zero-order valence-electron chi connectivity index (χ0n) is 8.75. The van der Waals surface area contributed by atoms with Crippen LogP contribution in [0.3, 0.4) is 0 Å². The zero-order valence-corrected chi connectivity index (χ0v) is 11.0. The molecule has 0 aliphatic rings. The fourth-order valence-corrected chi connectivity index (χ4v) is 2.11. The molecule has 0 unspecified atom stereocenters. The summed E-state index contributed by atoms with van der Waals surface area (Å²) in [6, 6.07) is 7.17. The van der Waals surface area contributed by atoms with Gasteiger partial charge in [-0.2, -0.15) is 0 Å². The number of nitrogens with one attached hydrogen (secondary N) is 1. The van der Waals surface area contributed by atoms with Crippen molar-refractivity contribution in [3.63, 3.8) is 0 Å². The number of halogens is 3. The summed E-state index contributed by atoms with van der Waals surface area (Å²) >= 11 is 17.8. The lowest BCUT2D eigenvalue weighted by molar-refractivity contribution is 1.13. The van der Waals surface area contributed by atoms with Crippen LogP contribution in [-0.4, -0.2) is 4.98 Å². The molecule has 88 valence electrons. The molecule has 0 aliphatic carbocycles. The Bertz CT molecular complexity index is 509. The van der Waals surface area contributed by atoms with Gasteiger partial charge in [0.15, 0.2) is 0 Å². The Labute approximate surface area is 115 Å². The Morgan fingerprint density at radius 3 is 2.41 bits per heavy atom. The third kappa shape index (κ3) is 3.50. The maximum Gasteiger partial charge on any atom is 0.0639 e. The van der Waals surface area contributed by atoms with Crippen molar-refractivity contribution < 1.29 is 0 Å². The number of pyridine rings is 1. The average molecular weight is 288 g/mol. The van der Waals surface area contributed by atoms with Crippen molar-refractivity contribution in [2.45, 2.75) is 6.54 Å². The molecule has 0 fully saturated rings. The molecule has 2 aromatic rings. The SMILES string of the molecule is Clc1cc(Cl)cc(NCc2ccncc2Cl)c1. The third-order valence-electron chi connectivity index (χ3n) is 2.20. The van der Waals surface area contributed by atoms with Crippen molar-refractivity contribution in [3.8, 4) is 0 Å². The predicted octanol–water partition coefficient (Wildman–Crippen LogP) is 4.65. The van der Waals surface area contributed by atoms with E-state index in [9.17, 15) is 0 Å². The van der Waals surface area contributed by atoms with Crippen LogP contribution in [-0.2, 0) is 6.54 Å². The van der Waals surface area contributed by atoms with Gasteiger partial charge in [0.1, 0.15) is 0 Å². The van der Waals surface area contributed by atoms with Crippen LogP contribution >= 0.6 is 34.8 Å². The Hall–Kier alpha value is -0.960. The van der Waals surface area contributed by atoms with Crippen LogP contribution in [0, 0.1) is 0 Å². The summed E-state index contributed by atoms with van der Waals surface area (Å²) in [6.45, 7) is 0.595. The van der Waals surface area contributed by atoms with E-state index in [2.05, 4.69) is 10.3 Å². The molecule has 0 radical (unpaired) electrons. The van der Waals surface area contributed by atoms with Crippen molar-refractivity contribution in [2.75, 3.05) is 5.32 Å². The molecule has 5 heteroatoms. The Kier molecular flexibility index (Phi) is 4.11. The lowest BCUT2D eigenvalue weighted by Crippen LogP contribution is -2.00. The topological polar surface area (TPSA) is 24.9 Å². The molecule has 1 N–H and O–H groups in total. The van der Waals surface area contributed by atoms with Crippen LogP contribution in [0.4, 0.5) is 5.69 Å². The molecule has 0 atom stereocenters. The van der Waals surface area contributed by atoms with Crippen LogP contribution in [0.2, 0.25) is 15.1 Å². The van der Waals surface area contributed by atoms with E-state index in [0.29, 0.717) is 21.6 Å². The Balaban J connectivity index is 2.10. The molecule has 0 amide bonds. The first-order valence-electron chi connectivity index (χ1n) is 4.93. The largest absolute Gasteiger partial charge is 0.381 e. The van der Waals surface area contributed by atoms with Gasteiger partial charge in [0.05, 0.1) is 5.02 Å². The maximum atomic E-state index is 6.00. The van der Waals surface area contributed by atoms with E-state index in [-0.39, 0.29) is 0 Å². The van der Waals surface area contributed by atoms with E-state index in [1.165, 1.54) is 0 Å². The molecule has 0 spiro atoms. The van der Waals surface area contributed by atoms with Gasteiger partial charge in [-0.1, -0.05) is 34.8 Å². The number of rotatable bonds is 3. The molecule has 0 bridgehead atoms. The van der Waals surface area contributed by atoms with Crippen LogP contribution in [0.25, 0.3) is 0 Å². The molecule has 1 aromatic carbocycles. The molecule has 17 heavy (non-hydrogen) atoms. The molecule has 0 saturated carbocycles. The molecular formula is C12H9Cl3N2. The lowest BCUT2D eigenvalue weighted by atomic mass is 10.2. The smallest absolute Gasteiger partial charge is 0.0639 e. The summed E-state index contributed by atoms with van der Waals surface area (Å²) in [6.07, 6.45) is 3.32. The fraction of sp³-hybridized carbons (Fsp3) is 0.0833. The number of hydrogen-bond acceptors (Lipinski definition) is 2. The highest BCUT2D eigenvalue weighted by Gasteiger charge is 2.01. The molecular weight excluding hydrogens is 279 g/mol. The number of anilines is 1. The highest BCUT2D eigenvalue weighted by molar-refractivity contribution is 6.35. The highest BCUT2D eigenvalue weighted by atomic mass is 35.5. The van der Waals surface area contributed by atoms with Crippen LogP contribution in [0.5, 0.6) is 0 Å². The minimum Gasteiger partial charge on any atom is -0.381 e. The van der Waals surface area contributed by atoms with Crippen molar-refractivity contribution in [1.29, 1.82) is 0 Å². The second kappa shape index (κ2) is 5.58. The normalized spacial score (nSPS) is 10.3. The Morgan fingerprint density at radius 2 is 1.76 bits per heavy atom. The number of hydrogen-bond donors (Lipinski definition) is 1. The highest BCUT2D eigenvalue weighted by Crippen LogP contribution is 2.23. The monoisotopic (exact) mass is 286 g/mol. The van der Waals surface area contributed by atoms with Gasteiger partial charge in [-0.15, -0.1) is 0 Å². The number of aromatic nitrogens is 1. The van der Waals surface area contributed by atoms with Gasteiger partial charge < -0.3 is 5.32 Å². The minimum atomic E-state index is 0.595. The summed E-state index contributed by atoms with van der Waals surface area (Å²) in [7, 11) is 0. The first kappa shape index (κ1) is 12.5. The van der Waals surface area contributed by atoms with Gasteiger partial charge in [-0.3, -0.25) is 4.98 Å². The number of benzene rings is 1. The first-order chi connectivity index (χ1) is 8.15. The van der Waals surface area contributed by atoms with Gasteiger partial charge in [-0.25, -0.2) is 0 Å². The zero-order chi connectivity index (χ0) is 12.3. The standard InChI is InChI=1S/C12H9Cl3N2/c13-9-3-10(14)5-11(4-9)17-6-8-1-2-16-7-12(8)15/h1-5,7,17H,6H2. The predicted molar refractivity (Wildman–Crippen MR) is 73.0 cm³/mol. The van der Waals surface area contributed by atoms with Gasteiger partial charge >= 0.3 is 0 Å². The molecule has 2 rings (SSSR count). The third-order valence-corrected chi connectivity index (χ3v) is 2.98. The molecule has 0 aliphatic heterocycles. The summed E-state index contributed by atoms with van der Waals surface area (Å²) in [4.78, 5) is 3.93. The van der Waals surface area contributed by atoms with Crippen molar-refractivity contribution >= 4 is 40.5 Å². The summed E-state index contributed by atoms with van der Waals surface area (Å²) in [5.41, 5.74) is 1.83. The quantitative estimate of drug-likeness (QED) is 0.888. The van der Waals surface area contributed by atoms with Crippen LogP contribution < -0.4 is 5.32 Å². The number of nitrogens with zero attached hydrogens (tertiary/aromatic N) is 1. The Morgan fingerprint density at radius 1 is 1.06 bits per heavy atom. The molecule has 2 nitrogen and oxygen atoms in total. The van der Waals surface area contributed by atoms with Crippen molar-refractivity contribution in [1.82, 2.24) is 4.98 Å². The van der Waals surface area contributed by atoms with Crippen molar-refractivity contribution in [3.05, 3.63) is 57.3 Å². The first-order valence-corrected chi connectivity index (χ1v) is 6.07. The summed E-state index contributed by atoms with van der Waals surface area (Å²) < 4.78 is 0. The maximum absolute atomic E-state index is 6.00. The molecule has 1 aromatic heterocycles. The average Bonchev–Trinajstić information content (AvgIpc) is 2.27. The van der Waals surface area contributed by atoms with Crippen LogP contribution in [0.1, 0.15) is 5.56 Å². The van der Waals surface area contributed by atoms with E-state index in [0.717, 1.165) is 11.3 Å². The van der Waals surface area contributed by atoms with E-state index in [1.807, 2.05) is 18.2 Å². The minimum absolute atomic E-state index is 0.595. The summed E-state index contributed by atoms with van der Waals surface area (Å²) in [5, 5.41) is 5.03. The van der Waals surface area contributed by atoms with E-state index in [4.69, 9.17) is 34.8 Å². The van der Waals surface area contributed by atoms with Crippen LogP contribution in [0.15, 0.2) is 36.7 Å².